The van der Waals surface area contributed by atoms with Gasteiger partial charge in [0.25, 0.3) is 5.91 Å². The van der Waals surface area contributed by atoms with Crippen LogP contribution in [0.4, 0.5) is 4.39 Å². The summed E-state index contributed by atoms with van der Waals surface area (Å²) in [5.74, 6) is -3.05. The number of benzene rings is 1. The van der Waals surface area contributed by atoms with Crippen LogP contribution in [0, 0.1) is 0 Å². The fourth-order valence-electron chi connectivity index (χ4n) is 3.12. The van der Waals surface area contributed by atoms with E-state index in [0.717, 1.165) is 10.9 Å². The molecule has 2 atom stereocenters. The number of ketones is 1. The Morgan fingerprint density at radius 3 is 2.72 bits per heavy atom. The number of carboxylic acid groups (broad SMARTS) is 1. The fraction of sp³-hybridized carbons (Fsp3) is 0.350. The Morgan fingerprint density at radius 2 is 2.03 bits per heavy atom. The van der Waals surface area contributed by atoms with Crippen LogP contribution in [0.25, 0.3) is 10.9 Å². The van der Waals surface area contributed by atoms with Crippen molar-refractivity contribution in [1.82, 2.24) is 10.3 Å². The van der Waals surface area contributed by atoms with Crippen LogP contribution in [0.5, 0.6) is 0 Å². The van der Waals surface area contributed by atoms with Crippen molar-refractivity contribution < 1.29 is 28.7 Å². The van der Waals surface area contributed by atoms with E-state index < -0.39 is 42.4 Å². The number of pyridine rings is 1. The van der Waals surface area contributed by atoms with E-state index in [1.807, 2.05) is 30.3 Å². The molecule has 2 aromatic rings. The Labute approximate surface area is 165 Å². The minimum absolute atomic E-state index is 0.0876. The van der Waals surface area contributed by atoms with Gasteiger partial charge in [-0.15, -0.1) is 0 Å². The molecule has 0 fully saturated rings. The van der Waals surface area contributed by atoms with Gasteiger partial charge in [-0.25, -0.2) is 9.37 Å². The minimum atomic E-state index is -1.47. The number of amides is 1. The van der Waals surface area contributed by atoms with Crippen LogP contribution < -0.4 is 5.32 Å². The maximum Gasteiger partial charge on any atom is 0.305 e. The number of nitrogens with one attached hydrogen (secondary N) is 1. The summed E-state index contributed by atoms with van der Waals surface area (Å²) in [4.78, 5) is 45.4. The second-order valence-electron chi connectivity index (χ2n) is 6.77. The van der Waals surface area contributed by atoms with Crippen LogP contribution in [0.15, 0.2) is 41.6 Å². The first-order valence-electron chi connectivity index (χ1n) is 9.11. The molecule has 152 valence electrons. The van der Waals surface area contributed by atoms with Crippen LogP contribution in [0.1, 0.15) is 31.9 Å². The molecule has 0 aliphatic carbocycles. The molecule has 1 aromatic carbocycles. The molecule has 1 aliphatic rings. The number of aliphatic carboxylic acids is 1. The number of hydrogen-bond donors (Lipinski definition) is 2. The van der Waals surface area contributed by atoms with E-state index in [4.69, 9.17) is 9.94 Å². The van der Waals surface area contributed by atoms with Crippen molar-refractivity contribution in [3.63, 3.8) is 0 Å². The van der Waals surface area contributed by atoms with Gasteiger partial charge in [0.2, 0.25) is 5.60 Å². The molecular formula is C20H20FN3O5. The number of nitrogens with zero attached hydrogens (tertiary/aromatic N) is 2. The normalized spacial score (nSPS) is 19.3. The Balaban J connectivity index is 1.79. The number of aromatic nitrogens is 1. The van der Waals surface area contributed by atoms with Crippen LogP contribution >= 0.6 is 0 Å². The quantitative estimate of drug-likeness (QED) is 0.699. The molecule has 9 heteroatoms. The van der Waals surface area contributed by atoms with E-state index in [-0.39, 0.29) is 12.8 Å². The lowest BCUT2D eigenvalue weighted by atomic mass is 9.91. The highest BCUT2D eigenvalue weighted by molar-refractivity contribution is 6.06. The molecule has 0 saturated carbocycles. The molecule has 3 rings (SSSR count). The average Bonchev–Trinajstić information content (AvgIpc) is 3.18. The van der Waals surface area contributed by atoms with Crippen molar-refractivity contribution in [2.45, 2.75) is 37.8 Å². The van der Waals surface area contributed by atoms with Crippen LogP contribution in [0.3, 0.4) is 0 Å². The van der Waals surface area contributed by atoms with Crippen molar-refractivity contribution in [2.75, 3.05) is 6.67 Å². The van der Waals surface area contributed by atoms with Gasteiger partial charge in [0.15, 0.2) is 5.78 Å². The number of hydrogen-bond acceptors (Lipinski definition) is 6. The smallest absolute Gasteiger partial charge is 0.305 e. The lowest BCUT2D eigenvalue weighted by molar-refractivity contribution is -0.148. The molecule has 0 bridgehead atoms. The summed E-state index contributed by atoms with van der Waals surface area (Å²) in [5, 5.41) is 16.2. The number of halogens is 1. The molecule has 2 heterocycles. The van der Waals surface area contributed by atoms with Gasteiger partial charge in [-0.1, -0.05) is 36.3 Å². The second kappa shape index (κ2) is 8.34. The van der Waals surface area contributed by atoms with Gasteiger partial charge in [-0.3, -0.25) is 14.4 Å². The summed E-state index contributed by atoms with van der Waals surface area (Å²) >= 11 is 0. The first-order chi connectivity index (χ1) is 13.9. The third-order valence-corrected chi connectivity index (χ3v) is 4.87. The molecule has 0 spiro atoms. The summed E-state index contributed by atoms with van der Waals surface area (Å²) < 4.78 is 12.7. The first-order valence-corrected chi connectivity index (χ1v) is 9.11. The number of oxime groups is 1. The number of para-hydroxylation sites is 1. The second-order valence-corrected chi connectivity index (χ2v) is 6.77. The fourth-order valence-corrected chi connectivity index (χ4v) is 3.12. The Bertz CT molecular complexity index is 993. The van der Waals surface area contributed by atoms with E-state index >= 15 is 0 Å². The van der Waals surface area contributed by atoms with Crippen molar-refractivity contribution in [3.05, 3.63) is 42.1 Å². The highest BCUT2D eigenvalue weighted by atomic mass is 19.1. The lowest BCUT2D eigenvalue weighted by Crippen LogP contribution is -2.53. The van der Waals surface area contributed by atoms with Gasteiger partial charge < -0.3 is 15.3 Å². The maximum atomic E-state index is 12.8. The van der Waals surface area contributed by atoms with Gasteiger partial charge in [-0.05, 0) is 18.6 Å². The largest absolute Gasteiger partial charge is 0.481 e. The van der Waals surface area contributed by atoms with Gasteiger partial charge in [-0.2, -0.15) is 0 Å². The molecule has 1 unspecified atom stereocenters. The SMILES string of the molecule is CC[C@@]1(C(=O)NC(CC(=O)O)C(=O)CF)CC(c2ccc3ccccc3n2)=NO1. The lowest BCUT2D eigenvalue weighted by Gasteiger charge is -2.26. The zero-order valence-electron chi connectivity index (χ0n) is 15.7. The summed E-state index contributed by atoms with van der Waals surface area (Å²) in [6, 6.07) is 9.73. The predicted octanol–water partition coefficient (Wildman–Crippen LogP) is 2.01. The number of Topliss-reactive ketones (excluding diaryl/α,β-unsaturated/α-hetero) is 1. The summed E-state index contributed by atoms with van der Waals surface area (Å²) in [5.41, 5.74) is 0.352. The zero-order chi connectivity index (χ0) is 21.0. The Hall–Kier alpha value is -3.36. The van der Waals surface area contributed by atoms with E-state index in [9.17, 15) is 18.8 Å². The Kier molecular flexibility index (Phi) is 5.86. The highest BCUT2D eigenvalue weighted by Gasteiger charge is 2.46. The number of rotatable bonds is 8. The summed E-state index contributed by atoms with van der Waals surface area (Å²) in [6.07, 6.45) is -0.415. The number of fused-ring (bicyclic) bond motifs is 1. The molecule has 0 saturated heterocycles. The van der Waals surface area contributed by atoms with Gasteiger partial charge in [0.05, 0.1) is 17.6 Å². The summed E-state index contributed by atoms with van der Waals surface area (Å²) in [6.45, 7) is 0.329. The van der Waals surface area contributed by atoms with E-state index in [1.165, 1.54) is 0 Å². The number of carbonyl (C=O) groups is 3. The standard InChI is InChI=1S/C20H20FN3O5/c1-2-20(19(28)23-15(9-18(26)27)17(25)11-21)10-16(24-29-20)14-8-7-12-5-3-4-6-13(12)22-14/h3-8,15H,2,9-11H2,1H3,(H,23,28)(H,26,27)/t15?,20-/m0/s1. The summed E-state index contributed by atoms with van der Waals surface area (Å²) in [7, 11) is 0. The monoisotopic (exact) mass is 401 g/mol. The number of alkyl halides is 1. The predicted molar refractivity (Wildman–Crippen MR) is 102 cm³/mol. The number of carbonyl (C=O) groups excluding carboxylic acids is 2. The minimum Gasteiger partial charge on any atom is -0.481 e. The van der Waals surface area contributed by atoms with E-state index in [1.54, 1.807) is 13.0 Å². The average molecular weight is 401 g/mol. The van der Waals surface area contributed by atoms with Gasteiger partial charge in [0, 0.05) is 11.8 Å². The van der Waals surface area contributed by atoms with E-state index in [0.29, 0.717) is 11.4 Å². The molecule has 1 aromatic heterocycles. The van der Waals surface area contributed by atoms with Crippen molar-refractivity contribution in [1.29, 1.82) is 0 Å². The van der Waals surface area contributed by atoms with Crippen molar-refractivity contribution in [2.24, 2.45) is 5.16 Å². The molecular weight excluding hydrogens is 381 g/mol. The molecule has 29 heavy (non-hydrogen) atoms. The van der Waals surface area contributed by atoms with Crippen molar-refractivity contribution >= 4 is 34.3 Å². The molecule has 8 nitrogen and oxygen atoms in total. The van der Waals surface area contributed by atoms with Crippen LogP contribution in [0.2, 0.25) is 0 Å². The zero-order valence-corrected chi connectivity index (χ0v) is 15.7. The first kappa shape index (κ1) is 20.4. The molecule has 0 radical (unpaired) electrons. The molecule has 1 aliphatic heterocycles. The van der Waals surface area contributed by atoms with Gasteiger partial charge >= 0.3 is 5.97 Å². The van der Waals surface area contributed by atoms with Crippen molar-refractivity contribution in [3.8, 4) is 0 Å². The third-order valence-electron chi connectivity index (χ3n) is 4.87. The van der Waals surface area contributed by atoms with Crippen LogP contribution in [-0.2, 0) is 19.2 Å². The maximum absolute atomic E-state index is 12.8. The molecule has 2 N–H and O–H groups in total. The van der Waals surface area contributed by atoms with Crippen LogP contribution in [-0.4, -0.2) is 51.8 Å². The highest BCUT2D eigenvalue weighted by Crippen LogP contribution is 2.30. The molecule has 1 amide bonds. The number of carboxylic acids is 1. The Morgan fingerprint density at radius 1 is 1.28 bits per heavy atom. The van der Waals surface area contributed by atoms with Gasteiger partial charge in [0.1, 0.15) is 18.4 Å². The topological polar surface area (TPSA) is 118 Å². The van der Waals surface area contributed by atoms with E-state index in [2.05, 4.69) is 15.5 Å². The third kappa shape index (κ3) is 4.23.